The number of benzene rings is 1. The number of rotatable bonds is 4. The lowest BCUT2D eigenvalue weighted by atomic mass is 10.2. The molecule has 21 heavy (non-hydrogen) atoms. The summed E-state index contributed by atoms with van der Waals surface area (Å²) in [5.41, 5.74) is 8.33. The molecule has 0 saturated heterocycles. The summed E-state index contributed by atoms with van der Waals surface area (Å²) in [5, 5.41) is 3.08. The van der Waals surface area contributed by atoms with Crippen LogP contribution in [0.5, 0.6) is 0 Å². The van der Waals surface area contributed by atoms with Gasteiger partial charge in [0.05, 0.1) is 11.3 Å². The number of nitrogens with zero attached hydrogens (tertiary/aromatic N) is 1. The molecular weight excluding hydrogens is 266 g/mol. The van der Waals surface area contributed by atoms with Gasteiger partial charge in [0.15, 0.2) is 12.4 Å². The Kier molecular flexibility index (Phi) is 4.42. The quantitative estimate of drug-likeness (QED) is 0.665. The zero-order chi connectivity index (χ0) is 15.2. The van der Waals surface area contributed by atoms with E-state index in [1.54, 1.807) is 30.3 Å². The minimum atomic E-state index is -0.471. The van der Waals surface area contributed by atoms with Crippen LogP contribution in [0.3, 0.4) is 0 Å². The van der Waals surface area contributed by atoms with Crippen molar-refractivity contribution in [2.24, 2.45) is 0 Å². The molecule has 2 rings (SSSR count). The van der Waals surface area contributed by atoms with Crippen LogP contribution in [0.1, 0.15) is 16.1 Å². The summed E-state index contributed by atoms with van der Waals surface area (Å²) >= 11 is 0. The third-order valence-electron chi connectivity index (χ3n) is 2.71. The minimum absolute atomic E-state index is 0.0527. The Hall–Kier alpha value is -3.00. The number of anilines is 3. The second-order valence-electron chi connectivity index (χ2n) is 4.38. The molecule has 0 bridgehead atoms. The molecule has 1 aromatic heterocycles. The van der Waals surface area contributed by atoms with Gasteiger partial charge in [-0.2, -0.15) is 0 Å². The fraction of sp³-hybridized carbons (Fsp3) is 0.125. The summed E-state index contributed by atoms with van der Waals surface area (Å²) in [7, 11) is 0. The summed E-state index contributed by atoms with van der Waals surface area (Å²) < 4.78 is 4.88. The molecule has 106 valence electrons. The number of nitrogens with one attached hydrogen (secondary N) is 1. The smallest absolute Gasteiger partial charge is 0.339 e. The Bertz CT molecular complexity index is 705. The molecule has 0 saturated carbocycles. The lowest BCUT2D eigenvalue weighted by Gasteiger charge is -2.10. The molecule has 0 amide bonds. The van der Waals surface area contributed by atoms with Crippen LogP contribution in [-0.2, 0) is 4.74 Å². The normalized spacial score (nSPS) is 9.71. The highest BCUT2D eigenvalue weighted by Gasteiger charge is 2.08. The summed E-state index contributed by atoms with van der Waals surface area (Å²) in [5.74, 6) is 2.33. The van der Waals surface area contributed by atoms with Crippen molar-refractivity contribution in [2.75, 3.05) is 17.7 Å². The third-order valence-corrected chi connectivity index (χ3v) is 2.71. The maximum atomic E-state index is 11.7. The van der Waals surface area contributed by atoms with Gasteiger partial charge in [-0.15, -0.1) is 6.42 Å². The van der Waals surface area contributed by atoms with E-state index in [-0.39, 0.29) is 6.61 Å². The van der Waals surface area contributed by atoms with Gasteiger partial charge in [0.25, 0.3) is 0 Å². The number of pyridine rings is 1. The molecule has 0 spiro atoms. The maximum absolute atomic E-state index is 11.7. The lowest BCUT2D eigenvalue weighted by molar-refractivity contribution is 0.0557. The molecule has 0 aliphatic carbocycles. The van der Waals surface area contributed by atoms with Crippen molar-refractivity contribution >= 4 is 23.2 Å². The monoisotopic (exact) mass is 281 g/mol. The Balaban J connectivity index is 2.20. The molecule has 0 aliphatic rings. The molecule has 0 fully saturated rings. The number of nitrogen functional groups attached to an aromatic ring is 1. The molecule has 1 heterocycles. The van der Waals surface area contributed by atoms with Gasteiger partial charge in [-0.1, -0.05) is 12.0 Å². The zero-order valence-corrected chi connectivity index (χ0v) is 11.6. The Morgan fingerprint density at radius 3 is 3.00 bits per heavy atom. The van der Waals surface area contributed by atoms with Gasteiger partial charge in [0, 0.05) is 11.4 Å². The Morgan fingerprint density at radius 2 is 2.24 bits per heavy atom. The number of carbonyl (C=O) groups excluding carboxylic acids is 1. The predicted octanol–water partition coefficient (Wildman–Crippen LogP) is 2.51. The van der Waals surface area contributed by atoms with E-state index < -0.39 is 5.97 Å². The van der Waals surface area contributed by atoms with E-state index in [2.05, 4.69) is 16.2 Å². The van der Waals surface area contributed by atoms with Crippen LogP contribution in [0.25, 0.3) is 0 Å². The molecule has 1 aromatic carbocycles. The van der Waals surface area contributed by atoms with Gasteiger partial charge >= 0.3 is 5.97 Å². The highest BCUT2D eigenvalue weighted by molar-refractivity contribution is 5.91. The van der Waals surface area contributed by atoms with Crippen LogP contribution >= 0.6 is 0 Å². The first-order valence-electron chi connectivity index (χ1n) is 6.31. The third kappa shape index (κ3) is 3.74. The van der Waals surface area contributed by atoms with Gasteiger partial charge in [0.2, 0.25) is 0 Å². The molecule has 0 unspecified atom stereocenters. The van der Waals surface area contributed by atoms with Gasteiger partial charge in [-0.25, -0.2) is 9.78 Å². The fourth-order valence-electron chi connectivity index (χ4n) is 1.72. The topological polar surface area (TPSA) is 77.2 Å². The van der Waals surface area contributed by atoms with Crippen LogP contribution in [0, 0.1) is 19.3 Å². The van der Waals surface area contributed by atoms with Gasteiger partial charge in [-0.3, -0.25) is 0 Å². The summed E-state index contributed by atoms with van der Waals surface area (Å²) in [6.07, 6.45) is 5.06. The highest BCUT2D eigenvalue weighted by atomic mass is 16.5. The molecule has 3 N–H and O–H groups in total. The largest absolute Gasteiger partial charge is 0.449 e. The van der Waals surface area contributed by atoms with Gasteiger partial charge < -0.3 is 15.8 Å². The lowest BCUT2D eigenvalue weighted by Crippen LogP contribution is -2.06. The van der Waals surface area contributed by atoms with Crippen LogP contribution in [0.4, 0.5) is 17.2 Å². The highest BCUT2D eigenvalue weighted by Crippen LogP contribution is 2.22. The molecule has 0 radical (unpaired) electrons. The second kappa shape index (κ2) is 6.44. The first kappa shape index (κ1) is 14.4. The fourth-order valence-corrected chi connectivity index (χ4v) is 1.72. The number of hydrogen-bond donors (Lipinski definition) is 2. The van der Waals surface area contributed by atoms with E-state index >= 15 is 0 Å². The van der Waals surface area contributed by atoms with Crippen molar-refractivity contribution in [1.29, 1.82) is 0 Å². The van der Waals surface area contributed by atoms with Crippen molar-refractivity contribution in [1.82, 2.24) is 4.98 Å². The molecule has 5 nitrogen and oxygen atoms in total. The van der Waals surface area contributed by atoms with Crippen molar-refractivity contribution in [2.45, 2.75) is 6.92 Å². The number of aromatic nitrogens is 1. The first-order chi connectivity index (χ1) is 10.1. The maximum Gasteiger partial charge on any atom is 0.339 e. The SMILES string of the molecule is C#CCOC(=O)c1cccc(Nc2nc(C)ccc2N)c1. The molecule has 2 aromatic rings. The average Bonchev–Trinajstić information content (AvgIpc) is 2.49. The van der Waals surface area contributed by atoms with Crippen LogP contribution in [0.15, 0.2) is 36.4 Å². The Morgan fingerprint density at radius 1 is 1.43 bits per heavy atom. The molecule has 5 heteroatoms. The van der Waals surface area contributed by atoms with Crippen LogP contribution in [-0.4, -0.2) is 17.6 Å². The first-order valence-corrected chi connectivity index (χ1v) is 6.31. The minimum Gasteiger partial charge on any atom is -0.449 e. The zero-order valence-electron chi connectivity index (χ0n) is 11.6. The van der Waals surface area contributed by atoms with Crippen molar-refractivity contribution in [3.63, 3.8) is 0 Å². The second-order valence-corrected chi connectivity index (χ2v) is 4.38. The van der Waals surface area contributed by atoms with Crippen molar-refractivity contribution in [3.8, 4) is 12.3 Å². The molecule has 0 atom stereocenters. The number of nitrogens with two attached hydrogens (primary N) is 1. The van der Waals surface area contributed by atoms with E-state index in [1.807, 2.05) is 13.0 Å². The standard InChI is InChI=1S/C16H15N3O2/c1-3-9-21-16(20)12-5-4-6-13(10-12)19-15-14(17)8-7-11(2)18-15/h1,4-8,10H,9,17H2,2H3,(H,18,19). The number of hydrogen-bond acceptors (Lipinski definition) is 5. The molecular formula is C16H15N3O2. The number of terminal acetylenes is 1. The van der Waals surface area contributed by atoms with E-state index in [0.717, 1.165) is 5.69 Å². The number of carbonyl (C=O) groups is 1. The summed E-state index contributed by atoms with van der Waals surface area (Å²) in [4.78, 5) is 16.1. The van der Waals surface area contributed by atoms with Gasteiger partial charge in [-0.05, 0) is 37.3 Å². The summed E-state index contributed by atoms with van der Waals surface area (Å²) in [6.45, 7) is 1.82. The van der Waals surface area contributed by atoms with Crippen molar-refractivity contribution in [3.05, 3.63) is 47.7 Å². The summed E-state index contributed by atoms with van der Waals surface area (Å²) in [6, 6.07) is 10.4. The van der Waals surface area contributed by atoms with Crippen molar-refractivity contribution < 1.29 is 9.53 Å². The van der Waals surface area contributed by atoms with Crippen LogP contribution in [0.2, 0.25) is 0 Å². The number of aryl methyl sites for hydroxylation is 1. The Labute approximate surface area is 123 Å². The molecule has 0 aliphatic heterocycles. The average molecular weight is 281 g/mol. The number of ether oxygens (including phenoxy) is 1. The number of esters is 1. The van der Waals surface area contributed by atoms with Gasteiger partial charge in [0.1, 0.15) is 0 Å². The van der Waals surface area contributed by atoms with E-state index in [9.17, 15) is 4.79 Å². The van der Waals surface area contributed by atoms with Crippen LogP contribution < -0.4 is 11.1 Å². The van der Waals surface area contributed by atoms with E-state index in [1.165, 1.54) is 0 Å². The van der Waals surface area contributed by atoms with E-state index in [4.69, 9.17) is 16.9 Å². The predicted molar refractivity (Wildman–Crippen MR) is 82.2 cm³/mol. The van der Waals surface area contributed by atoms with E-state index in [0.29, 0.717) is 22.8 Å².